The highest BCUT2D eigenvalue weighted by Gasteiger charge is 2.47. The fourth-order valence-electron chi connectivity index (χ4n) is 5.92. The van der Waals surface area contributed by atoms with Gasteiger partial charge in [0, 0.05) is 46.3 Å². The van der Waals surface area contributed by atoms with E-state index in [2.05, 4.69) is 26.3 Å². The van der Waals surface area contributed by atoms with Gasteiger partial charge < -0.3 is 52.1 Å². The van der Waals surface area contributed by atoms with E-state index in [1.54, 1.807) is 55.4 Å². The van der Waals surface area contributed by atoms with Crippen molar-refractivity contribution in [2.45, 2.75) is 94.4 Å². The maximum absolute atomic E-state index is 13.9. The number of hydrogen-bond acceptors (Lipinski definition) is 10. The number of nitrogens with two attached hydrogens (primary N) is 2. The number of carbonyl (C=O) groups excluding carboxylic acids is 5. The predicted molar refractivity (Wildman–Crippen MR) is 206 cm³/mol. The largest absolute Gasteiger partial charge is 0.480 e. The molecule has 2 aromatic rings. The molecule has 1 saturated heterocycles. The summed E-state index contributed by atoms with van der Waals surface area (Å²) >= 11 is 0. The molecule has 1 aromatic heterocycles. The van der Waals surface area contributed by atoms with E-state index in [9.17, 15) is 42.7 Å². The second kappa shape index (κ2) is 22.6. The smallest absolute Gasteiger partial charge is 0.326 e. The van der Waals surface area contributed by atoms with Crippen molar-refractivity contribution >= 4 is 41.5 Å². The first kappa shape index (κ1) is 46.3. The van der Waals surface area contributed by atoms with Gasteiger partial charge in [0.2, 0.25) is 23.6 Å². The monoisotopic (exact) mass is 814 g/mol. The molecule has 0 bridgehead atoms. The molecule has 0 aliphatic carbocycles. The summed E-state index contributed by atoms with van der Waals surface area (Å²) in [5.74, 6) is -7.59. The van der Waals surface area contributed by atoms with Crippen LogP contribution in [0.1, 0.15) is 73.0 Å². The molecule has 0 saturated carbocycles. The van der Waals surface area contributed by atoms with Crippen LogP contribution in [0.5, 0.6) is 0 Å². The number of aliphatic carboxylic acids is 1. The van der Waals surface area contributed by atoms with Crippen molar-refractivity contribution in [2.75, 3.05) is 33.7 Å². The standard InChI is InChI=1S/C38H52F2N10O8/c1-49(2)37(43)44-16-8-12-28(34(54)48-30(17-24-9-4-3-5-10-24)35(55)47-29(36(56)57)11-6-7-15-41)46-33(53)25-18-27(58-22-25)21-45-31(51)13-14-32(52)50-23-38(39,40)19-26(50)20-42/h3-5,9-10,18,22,26,28-30H,6-8,11-17,19,21,23,41H2,1-2H3,(H2,43,44)(H,45,51)(H,46,53)(H,47,55)(H,48,54)(H,56,57)/t26-,28-,29-,30-/m0/s1. The summed E-state index contributed by atoms with van der Waals surface area (Å²) in [7, 11) is 3.41. The maximum atomic E-state index is 13.9. The van der Waals surface area contributed by atoms with E-state index in [1.165, 1.54) is 6.07 Å². The van der Waals surface area contributed by atoms with Crippen LogP contribution in [0.25, 0.3) is 0 Å². The van der Waals surface area contributed by atoms with E-state index in [0.29, 0.717) is 24.9 Å². The minimum Gasteiger partial charge on any atom is -0.480 e. The van der Waals surface area contributed by atoms with Crippen molar-refractivity contribution in [3.8, 4) is 6.07 Å². The maximum Gasteiger partial charge on any atom is 0.326 e. The highest BCUT2D eigenvalue weighted by Crippen LogP contribution is 2.32. The lowest BCUT2D eigenvalue weighted by Gasteiger charge is -2.25. The molecule has 0 unspecified atom stereocenters. The molecule has 0 spiro atoms. The van der Waals surface area contributed by atoms with E-state index in [4.69, 9.17) is 21.1 Å². The molecular weight excluding hydrogens is 762 g/mol. The van der Waals surface area contributed by atoms with Crippen LogP contribution in [0.15, 0.2) is 52.1 Å². The normalized spacial score (nSPS) is 16.3. The number of alkyl halides is 2. The Labute approximate surface area is 334 Å². The van der Waals surface area contributed by atoms with E-state index < -0.39 is 85.0 Å². The summed E-state index contributed by atoms with van der Waals surface area (Å²) in [5.41, 5.74) is 12.1. The van der Waals surface area contributed by atoms with Gasteiger partial charge in [0.15, 0.2) is 5.96 Å². The average Bonchev–Trinajstić information content (AvgIpc) is 3.80. The summed E-state index contributed by atoms with van der Waals surface area (Å²) in [4.78, 5) is 84.3. The number of nitrogens with one attached hydrogen (secondary N) is 4. The lowest BCUT2D eigenvalue weighted by molar-refractivity contribution is -0.142. The lowest BCUT2D eigenvalue weighted by Crippen LogP contribution is -2.56. The number of benzene rings is 1. The number of nitriles is 1. The third-order valence-corrected chi connectivity index (χ3v) is 9.16. The number of nitrogens with zero attached hydrogens (tertiary/aromatic N) is 4. The van der Waals surface area contributed by atoms with E-state index in [0.717, 1.165) is 11.2 Å². The number of hydrogen-bond donors (Lipinski definition) is 7. The summed E-state index contributed by atoms with van der Waals surface area (Å²) in [6, 6.07) is 6.84. The minimum absolute atomic E-state index is 0.00929. The Balaban J connectivity index is 1.70. The van der Waals surface area contributed by atoms with Crippen molar-refractivity contribution in [3.63, 3.8) is 0 Å². The molecule has 1 aromatic carbocycles. The number of carboxylic acids is 1. The van der Waals surface area contributed by atoms with Gasteiger partial charge in [-0.05, 0) is 50.3 Å². The molecule has 316 valence electrons. The van der Waals surface area contributed by atoms with E-state index >= 15 is 0 Å². The number of carbonyl (C=O) groups is 6. The molecule has 1 aliphatic heterocycles. The van der Waals surface area contributed by atoms with E-state index in [1.807, 2.05) is 0 Å². The number of furan rings is 1. The number of guanidine groups is 1. The Hall–Kier alpha value is -6.10. The molecule has 18 nitrogen and oxygen atoms in total. The van der Waals surface area contributed by atoms with Crippen molar-refractivity contribution in [3.05, 3.63) is 59.5 Å². The zero-order chi connectivity index (χ0) is 42.8. The highest BCUT2D eigenvalue weighted by molar-refractivity contribution is 5.98. The van der Waals surface area contributed by atoms with Gasteiger partial charge in [0.1, 0.15) is 36.2 Å². The number of aliphatic imine (C=N–C) groups is 1. The van der Waals surface area contributed by atoms with Crippen LogP contribution in [0, 0.1) is 11.3 Å². The molecule has 1 aliphatic rings. The number of halogens is 2. The van der Waals surface area contributed by atoms with Gasteiger partial charge in [0.25, 0.3) is 11.8 Å². The Bertz CT molecular complexity index is 1800. The van der Waals surface area contributed by atoms with Gasteiger partial charge in [-0.25, -0.2) is 13.6 Å². The zero-order valence-electron chi connectivity index (χ0n) is 32.5. The Morgan fingerprint density at radius 2 is 1.69 bits per heavy atom. The van der Waals surface area contributed by atoms with Crippen molar-refractivity contribution in [1.82, 2.24) is 31.1 Å². The van der Waals surface area contributed by atoms with Crippen LogP contribution >= 0.6 is 0 Å². The fraction of sp³-hybridized carbons (Fsp3) is 0.526. The van der Waals surface area contributed by atoms with Crippen LogP contribution < -0.4 is 32.7 Å². The summed E-state index contributed by atoms with van der Waals surface area (Å²) in [6.45, 7) is -0.534. The van der Waals surface area contributed by atoms with Crippen molar-refractivity contribution in [2.24, 2.45) is 16.5 Å². The number of likely N-dealkylation sites (tertiary alicyclic amines) is 1. The van der Waals surface area contributed by atoms with Crippen LogP contribution in [0.3, 0.4) is 0 Å². The van der Waals surface area contributed by atoms with Crippen LogP contribution in [-0.2, 0) is 36.9 Å². The first-order valence-electron chi connectivity index (χ1n) is 18.8. The molecule has 4 atom stereocenters. The summed E-state index contributed by atoms with van der Waals surface area (Å²) < 4.78 is 32.8. The first-order valence-corrected chi connectivity index (χ1v) is 18.8. The van der Waals surface area contributed by atoms with E-state index in [-0.39, 0.29) is 62.5 Å². The average molecular weight is 815 g/mol. The van der Waals surface area contributed by atoms with Gasteiger partial charge in [-0.3, -0.25) is 29.0 Å². The topological polar surface area (TPSA) is 279 Å². The molecule has 0 radical (unpaired) electrons. The van der Waals surface area contributed by atoms with Crippen molar-refractivity contribution < 1.29 is 47.1 Å². The van der Waals surface area contributed by atoms with Gasteiger partial charge in [-0.1, -0.05) is 30.3 Å². The van der Waals surface area contributed by atoms with Gasteiger partial charge in [-0.15, -0.1) is 0 Å². The molecule has 3 rings (SSSR count). The molecule has 9 N–H and O–H groups in total. The molecule has 5 amide bonds. The third-order valence-electron chi connectivity index (χ3n) is 9.16. The molecule has 58 heavy (non-hydrogen) atoms. The van der Waals surface area contributed by atoms with Gasteiger partial charge in [0.05, 0.1) is 24.7 Å². The Morgan fingerprint density at radius 1 is 1.02 bits per heavy atom. The second-order valence-electron chi connectivity index (χ2n) is 14.0. The van der Waals surface area contributed by atoms with Crippen LogP contribution in [-0.4, -0.2) is 120 Å². The molecule has 20 heteroatoms. The first-order chi connectivity index (χ1) is 27.5. The highest BCUT2D eigenvalue weighted by atomic mass is 19.3. The second-order valence-corrected chi connectivity index (χ2v) is 14.0. The number of unbranched alkanes of at least 4 members (excludes halogenated alkanes) is 1. The number of carboxylic acid groups (broad SMARTS) is 1. The van der Waals surface area contributed by atoms with Gasteiger partial charge in [-0.2, -0.15) is 5.26 Å². The molecule has 2 heterocycles. The Kier molecular flexibility index (Phi) is 18.0. The number of amides is 5. The zero-order valence-corrected chi connectivity index (χ0v) is 32.5. The summed E-state index contributed by atoms with van der Waals surface area (Å²) in [5, 5.41) is 29.3. The third kappa shape index (κ3) is 15.1. The quantitative estimate of drug-likeness (QED) is 0.0490. The van der Waals surface area contributed by atoms with Crippen LogP contribution in [0.2, 0.25) is 0 Å². The number of rotatable bonds is 22. The SMILES string of the molecule is CN(C)C(N)=NCCC[C@H](NC(=O)c1coc(CNC(=O)CCC(=O)N2CC(F)(F)C[C@H]2C#N)c1)C(=O)N[C@@H](Cc1ccccc1)C(=O)N[C@@H](CCCCN)C(=O)O. The molecular formula is C38H52F2N10O8. The fourth-order valence-corrected chi connectivity index (χ4v) is 5.92. The van der Waals surface area contributed by atoms with Gasteiger partial charge >= 0.3 is 5.97 Å². The Morgan fingerprint density at radius 3 is 2.34 bits per heavy atom. The van der Waals surface area contributed by atoms with Crippen LogP contribution in [0.4, 0.5) is 8.78 Å². The van der Waals surface area contributed by atoms with Crippen molar-refractivity contribution in [1.29, 1.82) is 5.26 Å². The minimum atomic E-state index is -3.18. The molecule has 1 fully saturated rings. The predicted octanol–water partition coefficient (Wildman–Crippen LogP) is 0.617. The summed E-state index contributed by atoms with van der Waals surface area (Å²) in [6.07, 6.45) is 1.09. The lowest BCUT2D eigenvalue weighted by atomic mass is 10.0.